The zero-order valence-corrected chi connectivity index (χ0v) is 11.5. The molecule has 0 fully saturated rings. The fourth-order valence-corrected chi connectivity index (χ4v) is 2.75. The van der Waals surface area contributed by atoms with Crippen LogP contribution in [0.15, 0.2) is 27.6 Å². The van der Waals surface area contributed by atoms with Crippen molar-refractivity contribution in [2.24, 2.45) is 0 Å². The quantitative estimate of drug-likeness (QED) is 0.758. The number of rotatable bonds is 2. The predicted octanol–water partition coefficient (Wildman–Crippen LogP) is 1.13. The molecule has 0 aliphatic carbocycles. The molecule has 3 aromatic rings. The Kier molecular flexibility index (Phi) is 2.61. The number of aryl methyl sites for hydroxylation is 1. The molecule has 0 spiro atoms. The highest BCUT2D eigenvalue weighted by molar-refractivity contribution is 5.73. The first-order valence-electron chi connectivity index (χ1n) is 6.71. The van der Waals surface area contributed by atoms with Crippen LogP contribution in [0.3, 0.4) is 0 Å². The molecule has 1 N–H and O–H groups in total. The molecule has 0 amide bonds. The number of H-pyrrole nitrogens is 1. The second-order valence-corrected chi connectivity index (χ2v) is 5.31. The van der Waals surface area contributed by atoms with E-state index in [0.717, 1.165) is 34.4 Å². The molecule has 0 unspecified atom stereocenters. The fraction of sp³-hybridized carbons (Fsp3) is 0.286. The third-order valence-corrected chi connectivity index (χ3v) is 3.70. The average Bonchev–Trinajstić information content (AvgIpc) is 3.04. The molecule has 3 heterocycles. The Morgan fingerprint density at radius 2 is 2.14 bits per heavy atom. The first-order chi connectivity index (χ1) is 10.2. The number of nitrogens with zero attached hydrogens (tertiary/aromatic N) is 4. The molecule has 0 atom stereocenters. The molecule has 106 valence electrons. The molecule has 2 aromatic heterocycles. The van der Waals surface area contributed by atoms with Crippen LogP contribution in [0.25, 0.3) is 11.0 Å². The van der Waals surface area contributed by atoms with E-state index in [1.807, 2.05) is 18.2 Å². The molecule has 7 nitrogen and oxygen atoms in total. The predicted molar refractivity (Wildman–Crippen MR) is 74.3 cm³/mol. The lowest BCUT2D eigenvalue weighted by atomic mass is 10.2. The van der Waals surface area contributed by atoms with Gasteiger partial charge < -0.3 is 4.98 Å². The van der Waals surface area contributed by atoms with Crippen molar-refractivity contribution in [2.45, 2.75) is 26.6 Å². The van der Waals surface area contributed by atoms with Crippen LogP contribution in [-0.2, 0) is 19.6 Å². The minimum atomic E-state index is -0.0313. The largest absolute Gasteiger partial charge is 0.310 e. The topological polar surface area (TPSA) is 87.9 Å². The van der Waals surface area contributed by atoms with E-state index in [-0.39, 0.29) is 5.56 Å². The molecule has 4 rings (SSSR count). The minimum absolute atomic E-state index is 0.0313. The zero-order valence-electron chi connectivity index (χ0n) is 11.5. The molecular weight excluding hydrogens is 270 g/mol. The maximum Gasteiger partial charge on any atom is 0.255 e. The summed E-state index contributed by atoms with van der Waals surface area (Å²) in [5.41, 5.74) is 4.22. The molecule has 0 saturated carbocycles. The summed E-state index contributed by atoms with van der Waals surface area (Å²) in [6.07, 6.45) is 0. The SMILES string of the molecule is Cc1nc2c(c(=O)[nH]1)CN(Cc1ccc3nonc3c1)C2. The zero-order chi connectivity index (χ0) is 14.4. The van der Waals surface area contributed by atoms with E-state index in [9.17, 15) is 4.79 Å². The molecule has 0 bridgehead atoms. The Morgan fingerprint density at radius 3 is 3.05 bits per heavy atom. The van der Waals surface area contributed by atoms with Gasteiger partial charge in [-0.1, -0.05) is 6.07 Å². The molecule has 1 aliphatic rings. The van der Waals surface area contributed by atoms with Gasteiger partial charge in [-0.2, -0.15) is 0 Å². The van der Waals surface area contributed by atoms with Crippen molar-refractivity contribution in [3.8, 4) is 0 Å². The summed E-state index contributed by atoms with van der Waals surface area (Å²) < 4.78 is 4.70. The molecular formula is C14H13N5O2. The Hall–Kier alpha value is -2.54. The van der Waals surface area contributed by atoms with Gasteiger partial charge >= 0.3 is 0 Å². The molecule has 1 aromatic carbocycles. The van der Waals surface area contributed by atoms with E-state index >= 15 is 0 Å². The van der Waals surface area contributed by atoms with Crippen molar-refractivity contribution < 1.29 is 4.63 Å². The second kappa shape index (κ2) is 4.49. The Morgan fingerprint density at radius 1 is 1.29 bits per heavy atom. The number of nitrogens with one attached hydrogen (secondary N) is 1. The summed E-state index contributed by atoms with van der Waals surface area (Å²) in [4.78, 5) is 21.3. The minimum Gasteiger partial charge on any atom is -0.310 e. The van der Waals surface area contributed by atoms with E-state index in [1.165, 1.54) is 0 Å². The third-order valence-electron chi connectivity index (χ3n) is 3.70. The van der Waals surface area contributed by atoms with Crippen LogP contribution in [0.4, 0.5) is 0 Å². The van der Waals surface area contributed by atoms with Crippen molar-refractivity contribution in [1.29, 1.82) is 0 Å². The van der Waals surface area contributed by atoms with Crippen LogP contribution in [0, 0.1) is 6.92 Å². The lowest BCUT2D eigenvalue weighted by Gasteiger charge is -2.13. The maximum absolute atomic E-state index is 11.9. The average molecular weight is 283 g/mol. The van der Waals surface area contributed by atoms with E-state index in [4.69, 9.17) is 4.63 Å². The number of benzene rings is 1. The van der Waals surface area contributed by atoms with Gasteiger partial charge in [0.1, 0.15) is 16.9 Å². The highest BCUT2D eigenvalue weighted by Gasteiger charge is 2.23. The molecule has 1 aliphatic heterocycles. The van der Waals surface area contributed by atoms with Gasteiger partial charge in [-0.15, -0.1) is 0 Å². The summed E-state index contributed by atoms with van der Waals surface area (Å²) in [7, 11) is 0. The van der Waals surface area contributed by atoms with Crippen molar-refractivity contribution in [3.63, 3.8) is 0 Å². The van der Waals surface area contributed by atoms with Crippen LogP contribution >= 0.6 is 0 Å². The first kappa shape index (κ1) is 12.2. The first-order valence-corrected chi connectivity index (χ1v) is 6.71. The summed E-state index contributed by atoms with van der Waals surface area (Å²) >= 11 is 0. The van der Waals surface area contributed by atoms with Crippen molar-refractivity contribution in [1.82, 2.24) is 25.2 Å². The summed E-state index contributed by atoms with van der Waals surface area (Å²) in [6, 6.07) is 5.84. The van der Waals surface area contributed by atoms with Crippen molar-refractivity contribution in [3.05, 3.63) is 51.2 Å². The smallest absolute Gasteiger partial charge is 0.255 e. The van der Waals surface area contributed by atoms with Crippen molar-refractivity contribution in [2.75, 3.05) is 0 Å². The number of fused-ring (bicyclic) bond motifs is 2. The molecule has 21 heavy (non-hydrogen) atoms. The number of hydrogen-bond acceptors (Lipinski definition) is 6. The number of aromatic amines is 1. The van der Waals surface area contributed by atoms with Crippen LogP contribution in [0.1, 0.15) is 22.6 Å². The van der Waals surface area contributed by atoms with Crippen LogP contribution < -0.4 is 5.56 Å². The second-order valence-electron chi connectivity index (χ2n) is 5.31. The molecule has 0 saturated heterocycles. The van der Waals surface area contributed by atoms with Gasteiger partial charge in [0.15, 0.2) is 0 Å². The van der Waals surface area contributed by atoms with Crippen LogP contribution in [0.2, 0.25) is 0 Å². The van der Waals surface area contributed by atoms with E-state index < -0.39 is 0 Å². The Labute approximate surface area is 119 Å². The Bertz CT molecular complexity index is 882. The summed E-state index contributed by atoms with van der Waals surface area (Å²) in [6.45, 7) is 3.84. The van der Waals surface area contributed by atoms with Crippen molar-refractivity contribution >= 4 is 11.0 Å². The van der Waals surface area contributed by atoms with Crippen LogP contribution in [-0.4, -0.2) is 25.2 Å². The van der Waals surface area contributed by atoms with Crippen LogP contribution in [0.5, 0.6) is 0 Å². The van der Waals surface area contributed by atoms with Gasteiger partial charge in [-0.3, -0.25) is 9.69 Å². The summed E-state index contributed by atoms with van der Waals surface area (Å²) in [5, 5.41) is 7.64. The highest BCUT2D eigenvalue weighted by atomic mass is 16.6. The van der Waals surface area contributed by atoms with E-state index in [2.05, 4.69) is 25.2 Å². The highest BCUT2D eigenvalue weighted by Crippen LogP contribution is 2.21. The van der Waals surface area contributed by atoms with Gasteiger partial charge in [0.05, 0.1) is 11.3 Å². The maximum atomic E-state index is 11.9. The fourth-order valence-electron chi connectivity index (χ4n) is 2.75. The van der Waals surface area contributed by atoms with Gasteiger partial charge in [0.2, 0.25) is 0 Å². The van der Waals surface area contributed by atoms with E-state index in [1.54, 1.807) is 6.92 Å². The Balaban J connectivity index is 1.59. The van der Waals surface area contributed by atoms with Gasteiger partial charge in [0.25, 0.3) is 5.56 Å². The third kappa shape index (κ3) is 2.11. The lowest BCUT2D eigenvalue weighted by molar-refractivity contribution is 0.273. The monoisotopic (exact) mass is 283 g/mol. The standard InChI is InChI=1S/C14H13N5O2/c1-8-15-13-7-19(6-10(13)14(20)16-8)5-9-2-3-11-12(4-9)18-21-17-11/h2-4H,5-7H2,1H3,(H,15,16,20). The van der Waals surface area contributed by atoms with E-state index in [0.29, 0.717) is 18.9 Å². The molecule has 7 heteroatoms. The number of hydrogen-bond donors (Lipinski definition) is 1. The summed E-state index contributed by atoms with van der Waals surface area (Å²) in [5.74, 6) is 0.663. The normalized spacial score (nSPS) is 14.7. The lowest BCUT2D eigenvalue weighted by Crippen LogP contribution is -2.18. The molecule has 0 radical (unpaired) electrons. The van der Waals surface area contributed by atoms with Gasteiger partial charge in [0, 0.05) is 19.6 Å². The van der Waals surface area contributed by atoms with Gasteiger partial charge in [-0.05, 0) is 34.9 Å². The number of aromatic nitrogens is 4. The van der Waals surface area contributed by atoms with Gasteiger partial charge in [-0.25, -0.2) is 9.61 Å².